The average molecular weight is 646 g/mol. The number of hydrogen-bond donors (Lipinski definition) is 4. The fourth-order valence-corrected chi connectivity index (χ4v) is 4.66. The van der Waals surface area contributed by atoms with Gasteiger partial charge in [0.05, 0.1) is 13.2 Å². The molecule has 12 heteroatoms. The number of aliphatic hydroxyl groups is 1. The summed E-state index contributed by atoms with van der Waals surface area (Å²) in [4.78, 5) is 44.4. The summed E-state index contributed by atoms with van der Waals surface area (Å²) in [6.45, 7) is 2.04. The number of amides is 1. The van der Waals surface area contributed by atoms with E-state index in [0.29, 0.717) is 12.8 Å². The van der Waals surface area contributed by atoms with Gasteiger partial charge in [0.1, 0.15) is 12.7 Å². The molecule has 0 bridgehead atoms. The van der Waals surface area contributed by atoms with Crippen molar-refractivity contribution in [2.45, 2.75) is 129 Å². The van der Waals surface area contributed by atoms with E-state index in [0.717, 1.165) is 51.4 Å². The van der Waals surface area contributed by atoms with Crippen LogP contribution in [0.3, 0.4) is 0 Å². The number of aliphatic hydroxyl groups excluding tert-OH is 1. The molecule has 0 saturated heterocycles. The normalized spacial score (nSPS) is 14.6. The highest BCUT2D eigenvalue weighted by atomic mass is 31.2. The number of carboxylic acid groups (broad SMARTS) is 1. The topological polar surface area (TPSA) is 169 Å². The van der Waals surface area contributed by atoms with Crippen LogP contribution in [0.5, 0.6) is 0 Å². The summed E-state index contributed by atoms with van der Waals surface area (Å²) >= 11 is 0. The van der Waals surface area contributed by atoms with Crippen LogP contribution in [0, 0.1) is 0 Å². The van der Waals surface area contributed by atoms with E-state index in [1.54, 1.807) is 6.92 Å². The number of aliphatic carboxylic acids is 1. The van der Waals surface area contributed by atoms with Crippen LogP contribution in [-0.2, 0) is 32.7 Å². The number of allylic oxidation sites excluding steroid dienone is 6. The third-order valence-electron chi connectivity index (χ3n) is 6.40. The number of unbranched alkanes of at least 4 members (excludes halogenated alkanes) is 9. The molecule has 0 aromatic carbocycles. The fourth-order valence-electron chi connectivity index (χ4n) is 3.89. The Kier molecular flexibility index (Phi) is 26.7. The number of phosphoric acid groups is 1. The first-order valence-electron chi connectivity index (χ1n) is 16.0. The molecule has 0 aromatic rings. The van der Waals surface area contributed by atoms with Gasteiger partial charge in [0.2, 0.25) is 5.91 Å². The first kappa shape index (κ1) is 41.7. The van der Waals surface area contributed by atoms with Crippen molar-refractivity contribution in [3.8, 4) is 0 Å². The number of esters is 1. The van der Waals surface area contributed by atoms with Gasteiger partial charge < -0.3 is 25.2 Å². The smallest absolute Gasteiger partial charge is 0.472 e. The van der Waals surface area contributed by atoms with Crippen molar-refractivity contribution >= 4 is 25.7 Å². The van der Waals surface area contributed by atoms with Crippen molar-refractivity contribution < 1.29 is 47.8 Å². The van der Waals surface area contributed by atoms with Gasteiger partial charge in [-0.15, -0.1) is 0 Å². The lowest BCUT2D eigenvalue weighted by atomic mass is 10.1. The summed E-state index contributed by atoms with van der Waals surface area (Å²) in [5, 5.41) is 21.2. The molecule has 0 aromatic heterocycles. The number of hydrogen-bond acceptors (Lipinski definition) is 8. The van der Waals surface area contributed by atoms with Gasteiger partial charge >= 0.3 is 19.8 Å². The van der Waals surface area contributed by atoms with Crippen LogP contribution in [-0.4, -0.2) is 64.9 Å². The molecule has 0 aliphatic rings. The number of ether oxygens (including phenoxy) is 1. The van der Waals surface area contributed by atoms with Crippen LogP contribution in [0.1, 0.15) is 117 Å². The maximum Gasteiger partial charge on any atom is 0.472 e. The summed E-state index contributed by atoms with van der Waals surface area (Å²) in [6.07, 6.45) is 26.8. The van der Waals surface area contributed by atoms with Crippen LogP contribution in [0.25, 0.3) is 0 Å². The predicted octanol–water partition coefficient (Wildman–Crippen LogP) is 6.54. The van der Waals surface area contributed by atoms with Crippen LogP contribution < -0.4 is 5.32 Å². The Bertz CT molecular complexity index is 905. The van der Waals surface area contributed by atoms with E-state index in [2.05, 4.69) is 57.7 Å². The molecule has 1 amide bonds. The Hall–Kier alpha value is -2.30. The average Bonchev–Trinajstić information content (AvgIpc) is 2.98. The Balaban J connectivity index is 3.82. The molecule has 0 saturated carbocycles. The predicted molar refractivity (Wildman–Crippen MR) is 171 cm³/mol. The summed E-state index contributed by atoms with van der Waals surface area (Å²) in [5.74, 6) is -2.47. The summed E-state index contributed by atoms with van der Waals surface area (Å²) < 4.78 is 26.2. The third-order valence-corrected chi connectivity index (χ3v) is 7.35. The lowest BCUT2D eigenvalue weighted by Crippen LogP contribution is -2.43. The van der Waals surface area contributed by atoms with Gasteiger partial charge in [-0.1, -0.05) is 88.8 Å². The molecular formula is C32H56NO10P. The van der Waals surface area contributed by atoms with Crippen LogP contribution >= 0.6 is 7.82 Å². The second kappa shape index (κ2) is 28.2. The number of rotatable bonds is 29. The van der Waals surface area contributed by atoms with Crippen LogP contribution in [0.4, 0.5) is 0 Å². The molecule has 0 aliphatic carbocycles. The van der Waals surface area contributed by atoms with Gasteiger partial charge in [-0.3, -0.25) is 18.6 Å². The lowest BCUT2D eigenvalue weighted by Gasteiger charge is -2.18. The lowest BCUT2D eigenvalue weighted by molar-refractivity contribution is -0.147. The third kappa shape index (κ3) is 27.3. The van der Waals surface area contributed by atoms with Crippen molar-refractivity contribution in [1.29, 1.82) is 0 Å². The minimum atomic E-state index is -4.72. The van der Waals surface area contributed by atoms with E-state index in [-0.39, 0.29) is 12.8 Å². The fraction of sp³-hybridized carbons (Fsp3) is 0.719. The largest absolute Gasteiger partial charge is 0.480 e. The maximum atomic E-state index is 12.0. The summed E-state index contributed by atoms with van der Waals surface area (Å²) in [7, 11) is -4.72. The molecule has 0 radical (unpaired) electrons. The molecule has 44 heavy (non-hydrogen) atoms. The van der Waals surface area contributed by atoms with Gasteiger partial charge in [0.15, 0.2) is 6.04 Å². The summed E-state index contributed by atoms with van der Waals surface area (Å²) in [5.41, 5.74) is 0. The Morgan fingerprint density at radius 1 is 0.727 bits per heavy atom. The number of carboxylic acids is 1. The minimum Gasteiger partial charge on any atom is -0.480 e. The SMILES string of the molecule is CCCCC/C=C\C/C=C\C/C=C\CCCCCCCCC(=O)OCC(O)COP(=O)(O)OCC(NC(=O)CCC)C(=O)O. The van der Waals surface area contributed by atoms with E-state index in [1.165, 1.54) is 25.7 Å². The first-order valence-corrected chi connectivity index (χ1v) is 17.5. The molecule has 3 atom stereocenters. The van der Waals surface area contributed by atoms with Crippen molar-refractivity contribution in [3.05, 3.63) is 36.5 Å². The van der Waals surface area contributed by atoms with E-state index >= 15 is 0 Å². The Morgan fingerprint density at radius 3 is 1.86 bits per heavy atom. The van der Waals surface area contributed by atoms with Crippen molar-refractivity contribution in [2.24, 2.45) is 0 Å². The highest BCUT2D eigenvalue weighted by Gasteiger charge is 2.28. The zero-order valence-electron chi connectivity index (χ0n) is 26.7. The Morgan fingerprint density at radius 2 is 1.27 bits per heavy atom. The molecule has 3 unspecified atom stereocenters. The monoisotopic (exact) mass is 645 g/mol. The molecule has 254 valence electrons. The van der Waals surface area contributed by atoms with E-state index in [1.807, 2.05) is 0 Å². The highest BCUT2D eigenvalue weighted by molar-refractivity contribution is 7.47. The van der Waals surface area contributed by atoms with E-state index < -0.39 is 57.6 Å². The first-order chi connectivity index (χ1) is 21.1. The molecule has 0 rings (SSSR count). The highest BCUT2D eigenvalue weighted by Crippen LogP contribution is 2.43. The molecule has 0 heterocycles. The van der Waals surface area contributed by atoms with E-state index in [9.17, 15) is 28.9 Å². The molecule has 4 N–H and O–H groups in total. The maximum absolute atomic E-state index is 12.0. The number of carbonyl (C=O) groups excluding carboxylic acids is 2. The summed E-state index contributed by atoms with van der Waals surface area (Å²) in [6, 6.07) is -1.54. The minimum absolute atomic E-state index is 0.0940. The number of carbonyl (C=O) groups is 3. The molecule has 0 fully saturated rings. The molecular weight excluding hydrogens is 589 g/mol. The van der Waals surface area contributed by atoms with Gasteiger partial charge in [-0.25, -0.2) is 9.36 Å². The van der Waals surface area contributed by atoms with Crippen LogP contribution in [0.2, 0.25) is 0 Å². The second-order valence-electron chi connectivity index (χ2n) is 10.6. The zero-order valence-corrected chi connectivity index (χ0v) is 27.6. The van der Waals surface area contributed by atoms with Gasteiger partial charge in [-0.2, -0.15) is 0 Å². The number of nitrogens with one attached hydrogen (secondary N) is 1. The second-order valence-corrected chi connectivity index (χ2v) is 12.1. The molecule has 0 spiro atoms. The zero-order chi connectivity index (χ0) is 32.9. The van der Waals surface area contributed by atoms with Crippen molar-refractivity contribution in [1.82, 2.24) is 5.32 Å². The standard InChI is InChI=1S/C32H56NO10P/c1-3-5-6-7-8-9-10-11-12-13-14-15-16-17-18-19-20-21-22-24-31(36)41-25-28(34)26-42-44(39,40)43-27-29(32(37)38)33-30(35)23-4-2/h8-9,11-12,14-15,28-29,34H,3-7,10,13,16-27H2,1-2H3,(H,33,35)(H,37,38)(H,39,40)/b9-8-,12-11-,15-14-. The van der Waals surface area contributed by atoms with Gasteiger partial charge in [-0.05, 0) is 51.4 Å². The quantitative estimate of drug-likeness (QED) is 0.0303. The van der Waals surface area contributed by atoms with Crippen molar-refractivity contribution in [3.63, 3.8) is 0 Å². The van der Waals surface area contributed by atoms with Gasteiger partial charge in [0, 0.05) is 12.8 Å². The van der Waals surface area contributed by atoms with E-state index in [4.69, 9.17) is 9.84 Å². The van der Waals surface area contributed by atoms with Gasteiger partial charge in [0.25, 0.3) is 0 Å². The van der Waals surface area contributed by atoms with Crippen LogP contribution in [0.15, 0.2) is 36.5 Å². The number of phosphoric ester groups is 1. The van der Waals surface area contributed by atoms with Crippen molar-refractivity contribution in [2.75, 3.05) is 19.8 Å². The molecule has 0 aliphatic heterocycles. The molecule has 11 nitrogen and oxygen atoms in total. The Labute approximate surface area is 263 Å².